The van der Waals surface area contributed by atoms with Gasteiger partial charge in [-0.05, 0) is 32.7 Å². The van der Waals surface area contributed by atoms with Gasteiger partial charge in [-0.2, -0.15) is 5.10 Å². The average molecular weight is 250 g/mol. The Kier molecular flexibility index (Phi) is 4.01. The van der Waals surface area contributed by atoms with Gasteiger partial charge in [0.15, 0.2) is 0 Å². The van der Waals surface area contributed by atoms with Gasteiger partial charge in [0.2, 0.25) is 5.91 Å². The second kappa shape index (κ2) is 5.52. The molecule has 0 aliphatic heterocycles. The second-order valence-electron chi connectivity index (χ2n) is 4.99. The first-order chi connectivity index (χ1) is 8.65. The number of nitrogens with zero attached hydrogens (tertiary/aromatic N) is 3. The highest BCUT2D eigenvalue weighted by molar-refractivity contribution is 5.83. The van der Waals surface area contributed by atoms with Crippen LogP contribution in [0.25, 0.3) is 0 Å². The summed E-state index contributed by atoms with van der Waals surface area (Å²) < 4.78 is 1.73. The molecule has 1 heterocycles. The average Bonchev–Trinajstić information content (AvgIpc) is 3.09. The molecular formula is C13H22N4O. The maximum atomic E-state index is 12.5. The molecule has 5 nitrogen and oxygen atoms in total. The van der Waals surface area contributed by atoms with E-state index in [1.165, 1.54) is 12.8 Å². The molecule has 1 N–H and O–H groups in total. The van der Waals surface area contributed by atoms with E-state index in [0.29, 0.717) is 0 Å². The van der Waals surface area contributed by atoms with Crippen LogP contribution in [0.3, 0.4) is 0 Å². The first kappa shape index (κ1) is 13.1. The highest BCUT2D eigenvalue weighted by atomic mass is 16.2. The summed E-state index contributed by atoms with van der Waals surface area (Å²) in [4.78, 5) is 14.5. The summed E-state index contributed by atoms with van der Waals surface area (Å²) in [6, 6.07) is -0.280. The van der Waals surface area contributed by atoms with Gasteiger partial charge in [0, 0.05) is 31.9 Å². The number of rotatable bonds is 6. The molecule has 18 heavy (non-hydrogen) atoms. The van der Waals surface area contributed by atoms with E-state index in [-0.39, 0.29) is 11.9 Å². The van der Waals surface area contributed by atoms with Crippen LogP contribution in [0.1, 0.15) is 31.4 Å². The fraction of sp³-hybridized carbons (Fsp3) is 0.692. The third-order valence-electron chi connectivity index (χ3n) is 3.46. The minimum absolute atomic E-state index is 0.153. The fourth-order valence-corrected chi connectivity index (χ4v) is 2.19. The van der Waals surface area contributed by atoms with Crippen molar-refractivity contribution in [1.82, 2.24) is 20.0 Å². The Labute approximate surface area is 108 Å². The van der Waals surface area contributed by atoms with Gasteiger partial charge in [-0.25, -0.2) is 0 Å². The maximum absolute atomic E-state index is 12.5. The molecule has 5 heteroatoms. The number of hydrogen-bond donors (Lipinski definition) is 1. The number of hydrogen-bond acceptors (Lipinski definition) is 3. The van der Waals surface area contributed by atoms with E-state index in [4.69, 9.17) is 0 Å². The standard InChI is InChI=1S/C13H22N4O/c1-4-17(8-10-5-6-10)13(18)12(14-2)11-7-15-16(3)9-11/h7,9-10,12,14H,4-6,8H2,1-3H3. The molecule has 1 aromatic heterocycles. The van der Waals surface area contributed by atoms with Gasteiger partial charge < -0.3 is 10.2 Å². The van der Waals surface area contributed by atoms with E-state index < -0.39 is 0 Å². The Morgan fingerprint density at radius 2 is 2.39 bits per heavy atom. The zero-order chi connectivity index (χ0) is 13.1. The predicted octanol–water partition coefficient (Wildman–Crippen LogP) is 0.939. The molecule has 0 bridgehead atoms. The van der Waals surface area contributed by atoms with Crippen LogP contribution in [0.2, 0.25) is 0 Å². The van der Waals surface area contributed by atoms with Crippen LogP contribution in [-0.4, -0.2) is 40.7 Å². The lowest BCUT2D eigenvalue weighted by Gasteiger charge is -2.25. The molecule has 1 fully saturated rings. The monoisotopic (exact) mass is 250 g/mol. The molecule has 1 aromatic rings. The number of carbonyl (C=O) groups excluding carboxylic acids is 1. The summed E-state index contributed by atoms with van der Waals surface area (Å²) >= 11 is 0. The number of nitrogens with one attached hydrogen (secondary N) is 1. The van der Waals surface area contributed by atoms with E-state index in [2.05, 4.69) is 10.4 Å². The van der Waals surface area contributed by atoms with E-state index in [9.17, 15) is 4.79 Å². The smallest absolute Gasteiger partial charge is 0.244 e. The number of likely N-dealkylation sites (N-methyl/N-ethyl adjacent to an activating group) is 2. The van der Waals surface area contributed by atoms with Crippen molar-refractivity contribution < 1.29 is 4.79 Å². The molecule has 1 saturated carbocycles. The second-order valence-corrected chi connectivity index (χ2v) is 4.99. The minimum Gasteiger partial charge on any atom is -0.341 e. The molecule has 1 atom stereocenters. The quantitative estimate of drug-likeness (QED) is 0.817. The van der Waals surface area contributed by atoms with Crippen LogP contribution in [-0.2, 0) is 11.8 Å². The molecule has 0 saturated heterocycles. The SMILES string of the molecule is CCN(CC1CC1)C(=O)C(NC)c1cnn(C)c1. The fourth-order valence-electron chi connectivity index (χ4n) is 2.19. The van der Waals surface area contributed by atoms with Crippen LogP contribution in [0, 0.1) is 5.92 Å². The molecule has 100 valence electrons. The highest BCUT2D eigenvalue weighted by Gasteiger charge is 2.30. The Bertz CT molecular complexity index is 411. The van der Waals surface area contributed by atoms with Gasteiger partial charge in [0.1, 0.15) is 6.04 Å². The van der Waals surface area contributed by atoms with Gasteiger partial charge in [0.25, 0.3) is 0 Å². The van der Waals surface area contributed by atoms with Crippen LogP contribution in [0.5, 0.6) is 0 Å². The summed E-state index contributed by atoms with van der Waals surface area (Å²) in [6.07, 6.45) is 6.18. The molecule has 0 radical (unpaired) electrons. The van der Waals surface area contributed by atoms with Gasteiger partial charge in [-0.3, -0.25) is 9.48 Å². The van der Waals surface area contributed by atoms with Crippen LogP contribution in [0.15, 0.2) is 12.4 Å². The van der Waals surface area contributed by atoms with Gasteiger partial charge in [-0.1, -0.05) is 0 Å². The van der Waals surface area contributed by atoms with Crippen molar-refractivity contribution in [1.29, 1.82) is 0 Å². The van der Waals surface area contributed by atoms with Crippen molar-refractivity contribution in [3.8, 4) is 0 Å². The van der Waals surface area contributed by atoms with Crippen molar-refractivity contribution in [3.05, 3.63) is 18.0 Å². The molecule has 1 amide bonds. The minimum atomic E-state index is -0.280. The molecule has 0 aromatic carbocycles. The first-order valence-corrected chi connectivity index (χ1v) is 6.60. The molecule has 1 aliphatic carbocycles. The van der Waals surface area contributed by atoms with Crippen molar-refractivity contribution in [3.63, 3.8) is 0 Å². The van der Waals surface area contributed by atoms with Crippen molar-refractivity contribution >= 4 is 5.91 Å². The molecule has 0 spiro atoms. The molecule has 2 rings (SSSR count). The highest BCUT2D eigenvalue weighted by Crippen LogP contribution is 2.30. The van der Waals surface area contributed by atoms with Crippen LogP contribution >= 0.6 is 0 Å². The van der Waals surface area contributed by atoms with E-state index in [1.807, 2.05) is 32.1 Å². The molecular weight excluding hydrogens is 228 g/mol. The Morgan fingerprint density at radius 1 is 1.67 bits per heavy atom. The largest absolute Gasteiger partial charge is 0.341 e. The third kappa shape index (κ3) is 2.90. The Hall–Kier alpha value is -1.36. The van der Waals surface area contributed by atoms with E-state index in [0.717, 1.165) is 24.6 Å². The Morgan fingerprint density at radius 3 is 2.83 bits per heavy atom. The lowest BCUT2D eigenvalue weighted by molar-refractivity contribution is -0.133. The summed E-state index contributed by atoms with van der Waals surface area (Å²) in [7, 11) is 3.68. The predicted molar refractivity (Wildman–Crippen MR) is 70.0 cm³/mol. The summed E-state index contributed by atoms with van der Waals surface area (Å²) in [5, 5.41) is 7.23. The number of amides is 1. The van der Waals surface area contributed by atoms with Crippen LogP contribution < -0.4 is 5.32 Å². The first-order valence-electron chi connectivity index (χ1n) is 6.60. The van der Waals surface area contributed by atoms with E-state index >= 15 is 0 Å². The number of carbonyl (C=O) groups is 1. The van der Waals surface area contributed by atoms with Crippen LogP contribution in [0.4, 0.5) is 0 Å². The molecule has 1 unspecified atom stereocenters. The number of aryl methyl sites for hydroxylation is 1. The zero-order valence-electron chi connectivity index (χ0n) is 11.4. The lowest BCUT2D eigenvalue weighted by Crippen LogP contribution is -2.40. The topological polar surface area (TPSA) is 50.2 Å². The van der Waals surface area contributed by atoms with E-state index in [1.54, 1.807) is 10.9 Å². The van der Waals surface area contributed by atoms with Gasteiger partial charge in [-0.15, -0.1) is 0 Å². The summed E-state index contributed by atoms with van der Waals surface area (Å²) in [5.74, 6) is 0.875. The Balaban J connectivity index is 2.07. The zero-order valence-corrected chi connectivity index (χ0v) is 11.4. The number of aromatic nitrogens is 2. The van der Waals surface area contributed by atoms with Crippen molar-refractivity contribution in [2.75, 3.05) is 20.1 Å². The summed E-state index contributed by atoms with van der Waals surface area (Å²) in [6.45, 7) is 3.71. The van der Waals surface area contributed by atoms with Gasteiger partial charge in [0.05, 0.1) is 6.20 Å². The van der Waals surface area contributed by atoms with Gasteiger partial charge >= 0.3 is 0 Å². The third-order valence-corrected chi connectivity index (χ3v) is 3.46. The lowest BCUT2D eigenvalue weighted by atomic mass is 10.1. The van der Waals surface area contributed by atoms with Crippen molar-refractivity contribution in [2.45, 2.75) is 25.8 Å². The maximum Gasteiger partial charge on any atom is 0.244 e. The van der Waals surface area contributed by atoms with Crippen molar-refractivity contribution in [2.24, 2.45) is 13.0 Å². The summed E-state index contributed by atoms with van der Waals surface area (Å²) in [5.41, 5.74) is 0.930. The molecule has 1 aliphatic rings. The normalized spacial score (nSPS) is 16.6.